The molecule has 74 valence electrons. The van der Waals surface area contributed by atoms with Crippen LogP contribution in [0.3, 0.4) is 0 Å². The Bertz CT molecular complexity index is 247. The lowest BCUT2D eigenvalue weighted by Crippen LogP contribution is -2.32. The van der Waals surface area contributed by atoms with Crippen LogP contribution >= 0.6 is 46.1 Å². The second-order valence-electron chi connectivity index (χ2n) is 2.45. The van der Waals surface area contributed by atoms with E-state index in [2.05, 4.69) is 5.32 Å². The average molecular weight is 261 g/mol. The van der Waals surface area contributed by atoms with Gasteiger partial charge in [-0.1, -0.05) is 34.8 Å². The van der Waals surface area contributed by atoms with Gasteiger partial charge in [0.05, 0.1) is 0 Å². The highest BCUT2D eigenvalue weighted by Crippen LogP contribution is 2.30. The van der Waals surface area contributed by atoms with Crippen molar-refractivity contribution < 1.29 is 5.11 Å². The number of hydrogen-bond donors (Lipinski definition) is 2. The standard InChI is InChI=1S/C7H8Cl3NOS/c8-7(9,10)6(12)3-11-5-1-2-13-4-5/h1-2,4,6,11-12H,3H2. The van der Waals surface area contributed by atoms with Gasteiger partial charge < -0.3 is 10.4 Å². The van der Waals surface area contributed by atoms with E-state index in [1.54, 1.807) is 11.3 Å². The lowest BCUT2D eigenvalue weighted by atomic mass is 10.4. The van der Waals surface area contributed by atoms with E-state index in [0.717, 1.165) is 5.69 Å². The van der Waals surface area contributed by atoms with Crippen LogP contribution in [0.4, 0.5) is 5.69 Å². The van der Waals surface area contributed by atoms with E-state index in [9.17, 15) is 5.11 Å². The van der Waals surface area contributed by atoms with Crippen molar-refractivity contribution in [3.63, 3.8) is 0 Å². The maximum atomic E-state index is 9.33. The Kier molecular flexibility index (Phi) is 4.13. The monoisotopic (exact) mass is 259 g/mol. The summed E-state index contributed by atoms with van der Waals surface area (Å²) in [5.41, 5.74) is 0.915. The van der Waals surface area contributed by atoms with Crippen molar-refractivity contribution in [1.29, 1.82) is 0 Å². The molecular weight excluding hydrogens is 253 g/mol. The normalized spacial score (nSPS) is 14.2. The maximum absolute atomic E-state index is 9.33. The molecule has 0 fully saturated rings. The summed E-state index contributed by atoms with van der Waals surface area (Å²) in [6.07, 6.45) is -1.02. The van der Waals surface area contributed by atoms with Crippen molar-refractivity contribution >= 4 is 51.8 Å². The first kappa shape index (κ1) is 11.4. The number of nitrogens with one attached hydrogen (secondary N) is 1. The minimum absolute atomic E-state index is 0.216. The molecule has 1 aromatic rings. The average Bonchev–Trinajstić information content (AvgIpc) is 2.50. The summed E-state index contributed by atoms with van der Waals surface area (Å²) in [7, 11) is 0. The molecule has 0 saturated heterocycles. The summed E-state index contributed by atoms with van der Waals surface area (Å²) in [4.78, 5) is 0. The molecule has 0 aliphatic carbocycles. The number of hydrogen-bond acceptors (Lipinski definition) is 3. The summed E-state index contributed by atoms with van der Waals surface area (Å²) < 4.78 is -1.64. The third kappa shape index (κ3) is 3.92. The van der Waals surface area contributed by atoms with Crippen LogP contribution in [-0.4, -0.2) is 21.5 Å². The number of alkyl halides is 3. The first-order chi connectivity index (χ1) is 6.00. The Hall–Kier alpha value is 0.330. The van der Waals surface area contributed by atoms with E-state index in [1.807, 2.05) is 16.8 Å². The first-order valence-electron chi connectivity index (χ1n) is 3.51. The topological polar surface area (TPSA) is 32.3 Å². The molecule has 1 heterocycles. The van der Waals surface area contributed by atoms with Gasteiger partial charge in [-0.2, -0.15) is 11.3 Å². The minimum Gasteiger partial charge on any atom is -0.387 e. The number of aliphatic hydroxyl groups excluding tert-OH is 1. The highest BCUT2D eigenvalue weighted by Gasteiger charge is 2.30. The lowest BCUT2D eigenvalue weighted by molar-refractivity contribution is 0.192. The van der Waals surface area contributed by atoms with Crippen LogP contribution in [0.1, 0.15) is 0 Å². The molecular formula is C7H8Cl3NOS. The molecule has 0 spiro atoms. The molecule has 2 N–H and O–H groups in total. The zero-order valence-corrected chi connectivity index (χ0v) is 9.59. The predicted octanol–water partition coefficient (Wildman–Crippen LogP) is 2.89. The van der Waals surface area contributed by atoms with E-state index in [4.69, 9.17) is 34.8 Å². The van der Waals surface area contributed by atoms with E-state index in [-0.39, 0.29) is 6.54 Å². The summed E-state index contributed by atoms with van der Waals surface area (Å²) in [6.45, 7) is 0.216. The quantitative estimate of drug-likeness (QED) is 0.819. The van der Waals surface area contributed by atoms with Crippen LogP contribution in [0.5, 0.6) is 0 Å². The molecule has 1 rings (SSSR count). The molecule has 0 aliphatic rings. The van der Waals surface area contributed by atoms with E-state index >= 15 is 0 Å². The van der Waals surface area contributed by atoms with Gasteiger partial charge in [0.15, 0.2) is 0 Å². The molecule has 0 saturated carbocycles. The zero-order valence-electron chi connectivity index (χ0n) is 6.51. The fraction of sp³-hybridized carbons (Fsp3) is 0.429. The second kappa shape index (κ2) is 4.71. The Balaban J connectivity index is 2.35. The van der Waals surface area contributed by atoms with Crippen molar-refractivity contribution in [3.8, 4) is 0 Å². The maximum Gasteiger partial charge on any atom is 0.217 e. The highest BCUT2D eigenvalue weighted by molar-refractivity contribution is 7.08. The fourth-order valence-electron chi connectivity index (χ4n) is 0.695. The number of aliphatic hydroxyl groups is 1. The Morgan fingerprint density at radius 1 is 1.54 bits per heavy atom. The van der Waals surface area contributed by atoms with Gasteiger partial charge in [0.25, 0.3) is 0 Å². The first-order valence-corrected chi connectivity index (χ1v) is 5.58. The Morgan fingerprint density at radius 3 is 2.69 bits per heavy atom. The van der Waals surface area contributed by atoms with Crippen LogP contribution < -0.4 is 5.32 Å². The van der Waals surface area contributed by atoms with Gasteiger partial charge in [-0.3, -0.25) is 0 Å². The van der Waals surface area contributed by atoms with Gasteiger partial charge in [-0.05, 0) is 11.4 Å². The Morgan fingerprint density at radius 2 is 2.23 bits per heavy atom. The largest absolute Gasteiger partial charge is 0.387 e. The third-order valence-electron chi connectivity index (χ3n) is 1.40. The van der Waals surface area contributed by atoms with Crippen molar-refractivity contribution in [2.45, 2.75) is 9.90 Å². The van der Waals surface area contributed by atoms with Gasteiger partial charge in [0.2, 0.25) is 3.79 Å². The minimum atomic E-state index is -1.64. The van der Waals surface area contributed by atoms with Gasteiger partial charge in [0, 0.05) is 17.6 Å². The SMILES string of the molecule is OC(CNc1ccsc1)C(Cl)(Cl)Cl. The number of thiophene rings is 1. The van der Waals surface area contributed by atoms with Crippen molar-refractivity contribution in [2.75, 3.05) is 11.9 Å². The second-order valence-corrected chi connectivity index (χ2v) is 5.60. The molecule has 6 heteroatoms. The van der Waals surface area contributed by atoms with E-state index < -0.39 is 9.90 Å². The molecule has 1 atom stereocenters. The van der Waals surface area contributed by atoms with Crippen LogP contribution in [0, 0.1) is 0 Å². The molecule has 0 bridgehead atoms. The molecule has 1 unspecified atom stereocenters. The van der Waals surface area contributed by atoms with Gasteiger partial charge in [-0.15, -0.1) is 0 Å². The third-order valence-corrected chi connectivity index (χ3v) is 2.84. The summed E-state index contributed by atoms with van der Waals surface area (Å²) in [5, 5.41) is 16.1. The van der Waals surface area contributed by atoms with Crippen molar-refractivity contribution in [3.05, 3.63) is 16.8 Å². The van der Waals surface area contributed by atoms with E-state index in [0.29, 0.717) is 0 Å². The summed E-state index contributed by atoms with van der Waals surface area (Å²) in [5.74, 6) is 0. The molecule has 0 aromatic carbocycles. The molecule has 0 radical (unpaired) electrons. The fourth-order valence-corrected chi connectivity index (χ4v) is 1.54. The summed E-state index contributed by atoms with van der Waals surface area (Å²) >= 11 is 18.0. The van der Waals surface area contributed by atoms with Gasteiger partial charge in [-0.25, -0.2) is 0 Å². The Labute approximate surface area is 95.4 Å². The summed E-state index contributed by atoms with van der Waals surface area (Å²) in [6, 6.07) is 1.88. The molecule has 0 amide bonds. The molecule has 13 heavy (non-hydrogen) atoms. The van der Waals surface area contributed by atoms with Gasteiger partial charge in [0.1, 0.15) is 6.10 Å². The van der Waals surface area contributed by atoms with E-state index in [1.165, 1.54) is 0 Å². The van der Waals surface area contributed by atoms with Crippen LogP contribution in [-0.2, 0) is 0 Å². The van der Waals surface area contributed by atoms with Crippen molar-refractivity contribution in [1.82, 2.24) is 0 Å². The lowest BCUT2D eigenvalue weighted by Gasteiger charge is -2.19. The number of rotatable bonds is 3. The zero-order chi connectivity index (χ0) is 9.90. The molecule has 1 aromatic heterocycles. The number of anilines is 1. The van der Waals surface area contributed by atoms with Gasteiger partial charge >= 0.3 is 0 Å². The van der Waals surface area contributed by atoms with Crippen LogP contribution in [0.25, 0.3) is 0 Å². The number of halogens is 3. The predicted molar refractivity (Wildman–Crippen MR) is 59.1 cm³/mol. The molecule has 0 aliphatic heterocycles. The van der Waals surface area contributed by atoms with Crippen LogP contribution in [0.15, 0.2) is 16.8 Å². The van der Waals surface area contributed by atoms with Crippen LogP contribution in [0.2, 0.25) is 0 Å². The molecule has 2 nitrogen and oxygen atoms in total. The highest BCUT2D eigenvalue weighted by atomic mass is 35.6. The van der Waals surface area contributed by atoms with Crippen molar-refractivity contribution in [2.24, 2.45) is 0 Å². The smallest absolute Gasteiger partial charge is 0.217 e.